The number of allylic oxidation sites excluding steroid dienone is 1. The van der Waals surface area contributed by atoms with E-state index in [9.17, 15) is 14.4 Å². The third-order valence-electron chi connectivity index (χ3n) is 2.31. The lowest BCUT2D eigenvalue weighted by Gasteiger charge is -1.99. The Labute approximate surface area is 110 Å². The first kappa shape index (κ1) is 14.6. The van der Waals surface area contributed by atoms with Crippen LogP contribution in [-0.2, 0) is 25.5 Å². The summed E-state index contributed by atoms with van der Waals surface area (Å²) in [6, 6.07) is 6.83. The molecule has 5 nitrogen and oxygen atoms in total. The summed E-state index contributed by atoms with van der Waals surface area (Å²) in [7, 11) is 1.22. The van der Waals surface area contributed by atoms with E-state index in [1.807, 2.05) is 0 Å². The molecule has 1 aromatic carbocycles. The van der Waals surface area contributed by atoms with Crippen molar-refractivity contribution in [1.82, 2.24) is 0 Å². The van der Waals surface area contributed by atoms with Crippen LogP contribution < -0.4 is 0 Å². The van der Waals surface area contributed by atoms with Crippen LogP contribution in [0.5, 0.6) is 0 Å². The van der Waals surface area contributed by atoms with E-state index >= 15 is 0 Å². The molecule has 0 heterocycles. The molecule has 0 aromatic heterocycles. The molecule has 0 aliphatic rings. The molecule has 0 unspecified atom stereocenters. The summed E-state index contributed by atoms with van der Waals surface area (Å²) >= 11 is 0. The van der Waals surface area contributed by atoms with Crippen LogP contribution in [0.15, 0.2) is 30.3 Å². The van der Waals surface area contributed by atoms with Crippen molar-refractivity contribution < 1.29 is 24.2 Å². The number of carboxylic acids is 1. The third kappa shape index (κ3) is 5.63. The highest BCUT2D eigenvalue weighted by molar-refractivity contribution is 6.03. The van der Waals surface area contributed by atoms with Gasteiger partial charge in [-0.2, -0.15) is 0 Å². The average Bonchev–Trinajstić information content (AvgIpc) is 2.36. The summed E-state index contributed by atoms with van der Waals surface area (Å²) in [5.41, 5.74) is 1.35. The number of ketones is 1. The van der Waals surface area contributed by atoms with Crippen LogP contribution in [0.2, 0.25) is 0 Å². The Morgan fingerprint density at radius 2 is 2.05 bits per heavy atom. The lowest BCUT2D eigenvalue weighted by Crippen LogP contribution is -2.06. The largest absolute Gasteiger partial charge is 0.481 e. The second kappa shape index (κ2) is 7.10. The lowest BCUT2D eigenvalue weighted by atomic mass is 10.1. The fourth-order valence-corrected chi connectivity index (χ4v) is 1.44. The number of aliphatic carboxylic acids is 1. The predicted molar refractivity (Wildman–Crippen MR) is 68.5 cm³/mol. The Morgan fingerprint density at radius 3 is 2.68 bits per heavy atom. The van der Waals surface area contributed by atoms with Crippen molar-refractivity contribution in [3.05, 3.63) is 41.5 Å². The zero-order chi connectivity index (χ0) is 14.3. The normalized spacial score (nSPS) is 10.4. The Hall–Kier alpha value is -2.43. The maximum absolute atomic E-state index is 11.4. The van der Waals surface area contributed by atoms with Crippen molar-refractivity contribution >= 4 is 23.8 Å². The molecule has 0 fully saturated rings. The first-order valence-electron chi connectivity index (χ1n) is 5.59. The van der Waals surface area contributed by atoms with Crippen LogP contribution in [0.25, 0.3) is 6.08 Å². The molecule has 0 amide bonds. The second-order valence-corrected chi connectivity index (χ2v) is 3.87. The predicted octanol–water partition coefficient (Wildman–Crippen LogP) is 1.46. The van der Waals surface area contributed by atoms with Gasteiger partial charge in [0.25, 0.3) is 0 Å². The summed E-state index contributed by atoms with van der Waals surface area (Å²) in [5.74, 6) is -1.87. The van der Waals surface area contributed by atoms with E-state index in [-0.39, 0.29) is 18.6 Å². The molecular weight excluding hydrogens is 248 g/mol. The van der Waals surface area contributed by atoms with E-state index in [1.54, 1.807) is 24.3 Å². The molecule has 0 aliphatic heterocycles. The van der Waals surface area contributed by atoms with E-state index in [0.29, 0.717) is 11.1 Å². The van der Waals surface area contributed by atoms with E-state index in [2.05, 4.69) is 4.74 Å². The number of methoxy groups -OCH3 is 1. The summed E-state index contributed by atoms with van der Waals surface area (Å²) in [6.07, 6.45) is 2.44. The van der Waals surface area contributed by atoms with Crippen molar-refractivity contribution in [2.75, 3.05) is 7.11 Å². The van der Waals surface area contributed by atoms with E-state index in [1.165, 1.54) is 19.3 Å². The number of carboxylic acid groups (broad SMARTS) is 1. The van der Waals surface area contributed by atoms with Crippen LogP contribution in [0.1, 0.15) is 17.5 Å². The van der Waals surface area contributed by atoms with Crippen molar-refractivity contribution in [1.29, 1.82) is 0 Å². The molecule has 0 aliphatic carbocycles. The molecule has 1 N–H and O–H groups in total. The molecule has 0 saturated heterocycles. The number of benzene rings is 1. The van der Waals surface area contributed by atoms with Gasteiger partial charge in [-0.1, -0.05) is 30.3 Å². The number of rotatable bonds is 6. The molecule has 5 heteroatoms. The number of carbonyl (C=O) groups is 3. The number of hydrogen-bond donors (Lipinski definition) is 1. The molecule has 0 radical (unpaired) electrons. The monoisotopic (exact) mass is 262 g/mol. The quantitative estimate of drug-likeness (QED) is 0.477. The smallest absolute Gasteiger partial charge is 0.313 e. The zero-order valence-corrected chi connectivity index (χ0v) is 10.5. The van der Waals surface area contributed by atoms with Gasteiger partial charge < -0.3 is 9.84 Å². The molecule has 100 valence electrons. The maximum Gasteiger partial charge on any atom is 0.313 e. The summed E-state index contributed by atoms with van der Waals surface area (Å²) in [4.78, 5) is 32.8. The highest BCUT2D eigenvalue weighted by Crippen LogP contribution is 2.08. The van der Waals surface area contributed by atoms with Gasteiger partial charge in [0.05, 0.1) is 13.5 Å². The maximum atomic E-state index is 11.4. The first-order valence-corrected chi connectivity index (χ1v) is 5.59. The standard InChI is InChI=1S/C14H14O5/c1-19-14(18)9-12(15)6-5-10-3-2-4-11(7-10)8-13(16)17/h2-7H,8-9H2,1H3,(H,16,17). The number of hydrogen-bond acceptors (Lipinski definition) is 4. The van der Waals surface area contributed by atoms with Gasteiger partial charge in [0.1, 0.15) is 6.42 Å². The summed E-state index contributed by atoms with van der Waals surface area (Å²) in [6.45, 7) is 0. The summed E-state index contributed by atoms with van der Waals surface area (Å²) < 4.78 is 4.38. The van der Waals surface area contributed by atoms with Gasteiger partial charge in [0.2, 0.25) is 0 Å². The molecular formula is C14H14O5. The van der Waals surface area contributed by atoms with Crippen LogP contribution in [0.3, 0.4) is 0 Å². The molecule has 0 saturated carbocycles. The Balaban J connectivity index is 2.68. The zero-order valence-electron chi connectivity index (χ0n) is 10.5. The minimum absolute atomic E-state index is 0.0716. The van der Waals surface area contributed by atoms with Crippen molar-refractivity contribution in [2.24, 2.45) is 0 Å². The number of ether oxygens (including phenoxy) is 1. The molecule has 0 spiro atoms. The SMILES string of the molecule is COC(=O)CC(=O)C=Cc1cccc(CC(=O)O)c1. The Morgan fingerprint density at radius 1 is 1.32 bits per heavy atom. The van der Waals surface area contributed by atoms with Crippen LogP contribution in [0, 0.1) is 0 Å². The fraction of sp³-hybridized carbons (Fsp3) is 0.214. The number of esters is 1. The van der Waals surface area contributed by atoms with Gasteiger partial charge in [-0.25, -0.2) is 0 Å². The van der Waals surface area contributed by atoms with Gasteiger partial charge in [-0.3, -0.25) is 14.4 Å². The van der Waals surface area contributed by atoms with Gasteiger partial charge >= 0.3 is 11.9 Å². The average molecular weight is 262 g/mol. The molecule has 0 bridgehead atoms. The number of carbonyl (C=O) groups excluding carboxylic acids is 2. The topological polar surface area (TPSA) is 80.7 Å². The Bertz CT molecular complexity index is 516. The molecule has 19 heavy (non-hydrogen) atoms. The van der Waals surface area contributed by atoms with Crippen LogP contribution in [-0.4, -0.2) is 29.9 Å². The van der Waals surface area contributed by atoms with Crippen molar-refractivity contribution in [3.8, 4) is 0 Å². The highest BCUT2D eigenvalue weighted by Gasteiger charge is 2.06. The lowest BCUT2D eigenvalue weighted by molar-refractivity contribution is -0.142. The highest BCUT2D eigenvalue weighted by atomic mass is 16.5. The third-order valence-corrected chi connectivity index (χ3v) is 2.31. The van der Waals surface area contributed by atoms with E-state index in [0.717, 1.165) is 0 Å². The van der Waals surface area contributed by atoms with Crippen LogP contribution in [0.4, 0.5) is 0 Å². The van der Waals surface area contributed by atoms with Crippen LogP contribution >= 0.6 is 0 Å². The minimum Gasteiger partial charge on any atom is -0.481 e. The van der Waals surface area contributed by atoms with Gasteiger partial charge in [-0.15, -0.1) is 0 Å². The van der Waals surface area contributed by atoms with E-state index < -0.39 is 11.9 Å². The molecule has 0 atom stereocenters. The fourth-order valence-electron chi connectivity index (χ4n) is 1.44. The minimum atomic E-state index is -0.914. The van der Waals surface area contributed by atoms with Gasteiger partial charge in [-0.05, 0) is 17.2 Å². The van der Waals surface area contributed by atoms with Gasteiger partial charge in [0.15, 0.2) is 5.78 Å². The first-order chi connectivity index (χ1) is 9.01. The van der Waals surface area contributed by atoms with E-state index in [4.69, 9.17) is 5.11 Å². The van der Waals surface area contributed by atoms with Crippen molar-refractivity contribution in [2.45, 2.75) is 12.8 Å². The Kier molecular flexibility index (Phi) is 5.47. The second-order valence-electron chi connectivity index (χ2n) is 3.87. The molecule has 1 aromatic rings. The molecule has 1 rings (SSSR count). The van der Waals surface area contributed by atoms with Gasteiger partial charge in [0, 0.05) is 0 Å². The summed E-state index contributed by atoms with van der Waals surface area (Å²) in [5, 5.41) is 8.68. The van der Waals surface area contributed by atoms with Crippen molar-refractivity contribution in [3.63, 3.8) is 0 Å².